The Labute approximate surface area is 163 Å². The Morgan fingerprint density at radius 2 is 2.04 bits per heavy atom. The van der Waals surface area contributed by atoms with Crippen molar-refractivity contribution in [3.05, 3.63) is 21.6 Å². The molecule has 148 valence electrons. The van der Waals surface area contributed by atoms with Gasteiger partial charge in [-0.1, -0.05) is 18.7 Å². The molecule has 0 aromatic carbocycles. The maximum absolute atomic E-state index is 13.0. The van der Waals surface area contributed by atoms with Crippen LogP contribution in [-0.2, 0) is 27.3 Å². The second kappa shape index (κ2) is 8.46. The number of thioether (sulfide) groups is 1. The van der Waals surface area contributed by atoms with Gasteiger partial charge in [-0.3, -0.25) is 19.0 Å². The quantitative estimate of drug-likeness (QED) is 0.571. The number of esters is 1. The molecule has 0 saturated carbocycles. The molecule has 2 aliphatic rings. The SMILES string of the molecule is CCOC(=O)[C@H]1CCCN(C(=O)[C@@H]2CSc3nc(C)c(CC)c(=O)n3C2)C1. The Kier molecular flexibility index (Phi) is 6.24. The van der Waals surface area contributed by atoms with Gasteiger partial charge in [-0.05, 0) is 33.1 Å². The van der Waals surface area contributed by atoms with Crippen LogP contribution in [0.1, 0.15) is 37.9 Å². The number of amides is 1. The van der Waals surface area contributed by atoms with E-state index in [0.717, 1.165) is 18.5 Å². The lowest BCUT2D eigenvalue weighted by atomic mass is 9.96. The molecule has 27 heavy (non-hydrogen) atoms. The molecule has 0 spiro atoms. The number of aryl methyl sites for hydroxylation is 1. The minimum absolute atomic E-state index is 0.0210. The van der Waals surface area contributed by atoms with E-state index in [2.05, 4.69) is 4.98 Å². The summed E-state index contributed by atoms with van der Waals surface area (Å²) >= 11 is 1.46. The standard InChI is InChI=1S/C19H27N3O4S/c1-4-15-12(3)20-19-22(17(15)24)10-14(11-27-19)16(23)21-8-6-7-13(9-21)18(25)26-5-2/h13-14H,4-11H2,1-3H3/t13-,14-/m0/s1. The summed E-state index contributed by atoms with van der Waals surface area (Å²) in [5.41, 5.74) is 1.46. The second-order valence-electron chi connectivity index (χ2n) is 7.11. The molecule has 2 atom stereocenters. The van der Waals surface area contributed by atoms with Crippen molar-refractivity contribution < 1.29 is 14.3 Å². The smallest absolute Gasteiger partial charge is 0.310 e. The van der Waals surface area contributed by atoms with E-state index in [9.17, 15) is 14.4 Å². The first-order chi connectivity index (χ1) is 13.0. The summed E-state index contributed by atoms with van der Waals surface area (Å²) in [4.78, 5) is 44.1. The van der Waals surface area contributed by atoms with Crippen molar-refractivity contribution in [1.82, 2.24) is 14.5 Å². The predicted octanol–water partition coefficient (Wildman–Crippen LogP) is 1.64. The molecule has 3 heterocycles. The molecular formula is C19H27N3O4S. The fourth-order valence-electron chi connectivity index (χ4n) is 3.84. The molecule has 3 rings (SSSR count). The van der Waals surface area contributed by atoms with Crippen LogP contribution in [0.15, 0.2) is 9.95 Å². The number of carbonyl (C=O) groups excluding carboxylic acids is 2. The summed E-state index contributed by atoms with van der Waals surface area (Å²) in [6.07, 6.45) is 2.19. The molecule has 0 unspecified atom stereocenters. The molecule has 1 aromatic rings. The fraction of sp³-hybridized carbons (Fsp3) is 0.684. The zero-order valence-electron chi connectivity index (χ0n) is 16.2. The number of rotatable bonds is 4. The molecule has 2 aliphatic heterocycles. The van der Waals surface area contributed by atoms with Gasteiger partial charge in [0, 0.05) is 36.6 Å². The van der Waals surface area contributed by atoms with Gasteiger partial charge >= 0.3 is 5.97 Å². The van der Waals surface area contributed by atoms with Crippen molar-refractivity contribution in [3.8, 4) is 0 Å². The van der Waals surface area contributed by atoms with Crippen LogP contribution in [0.5, 0.6) is 0 Å². The summed E-state index contributed by atoms with van der Waals surface area (Å²) in [6, 6.07) is 0. The molecule has 1 aromatic heterocycles. The van der Waals surface area contributed by atoms with Gasteiger partial charge in [0.25, 0.3) is 5.56 Å². The maximum atomic E-state index is 13.0. The van der Waals surface area contributed by atoms with Crippen LogP contribution >= 0.6 is 11.8 Å². The first kappa shape index (κ1) is 19.9. The van der Waals surface area contributed by atoms with E-state index in [4.69, 9.17) is 4.74 Å². The largest absolute Gasteiger partial charge is 0.466 e. The third-order valence-corrected chi connectivity index (χ3v) is 6.45. The Bertz CT molecular complexity index is 792. The van der Waals surface area contributed by atoms with Crippen LogP contribution in [0, 0.1) is 18.8 Å². The van der Waals surface area contributed by atoms with Crippen LogP contribution < -0.4 is 5.56 Å². The average molecular weight is 394 g/mol. The van der Waals surface area contributed by atoms with Crippen LogP contribution in [0.3, 0.4) is 0 Å². The first-order valence-electron chi connectivity index (χ1n) is 9.64. The summed E-state index contributed by atoms with van der Waals surface area (Å²) in [5, 5.41) is 0.696. The van der Waals surface area contributed by atoms with Gasteiger partial charge in [0.1, 0.15) is 0 Å². The van der Waals surface area contributed by atoms with Crippen molar-refractivity contribution in [2.75, 3.05) is 25.4 Å². The van der Waals surface area contributed by atoms with Crippen molar-refractivity contribution >= 4 is 23.6 Å². The number of ether oxygens (including phenoxy) is 1. The second-order valence-corrected chi connectivity index (χ2v) is 8.10. The number of likely N-dealkylation sites (tertiary alicyclic amines) is 1. The highest BCUT2D eigenvalue weighted by molar-refractivity contribution is 7.99. The molecule has 0 bridgehead atoms. The maximum Gasteiger partial charge on any atom is 0.310 e. The number of aromatic nitrogens is 2. The zero-order chi connectivity index (χ0) is 19.6. The third-order valence-electron chi connectivity index (χ3n) is 5.31. The Balaban J connectivity index is 1.74. The average Bonchev–Trinajstić information content (AvgIpc) is 2.68. The molecule has 1 saturated heterocycles. The minimum atomic E-state index is -0.268. The van der Waals surface area contributed by atoms with Gasteiger partial charge in [-0.25, -0.2) is 4.98 Å². The van der Waals surface area contributed by atoms with Gasteiger partial charge in [-0.2, -0.15) is 0 Å². The minimum Gasteiger partial charge on any atom is -0.466 e. The summed E-state index contributed by atoms with van der Waals surface area (Å²) in [7, 11) is 0. The van der Waals surface area contributed by atoms with E-state index >= 15 is 0 Å². The summed E-state index contributed by atoms with van der Waals surface area (Å²) < 4.78 is 6.77. The molecule has 1 amide bonds. The van der Waals surface area contributed by atoms with Crippen LogP contribution in [0.2, 0.25) is 0 Å². The van der Waals surface area contributed by atoms with E-state index < -0.39 is 0 Å². The molecule has 1 fully saturated rings. The summed E-state index contributed by atoms with van der Waals surface area (Å²) in [6.45, 7) is 7.38. The van der Waals surface area contributed by atoms with E-state index in [-0.39, 0.29) is 29.3 Å². The highest BCUT2D eigenvalue weighted by Gasteiger charge is 2.35. The van der Waals surface area contributed by atoms with Gasteiger partial charge in [0.2, 0.25) is 5.91 Å². The Morgan fingerprint density at radius 3 is 2.74 bits per heavy atom. The molecule has 7 nitrogen and oxygen atoms in total. The van der Waals surface area contributed by atoms with Crippen molar-refractivity contribution in [2.24, 2.45) is 11.8 Å². The highest BCUT2D eigenvalue weighted by atomic mass is 32.2. The van der Waals surface area contributed by atoms with Gasteiger partial charge in [0.05, 0.1) is 18.4 Å². The third kappa shape index (κ3) is 4.05. The normalized spacial score (nSPS) is 22.3. The first-order valence-corrected chi connectivity index (χ1v) is 10.6. The zero-order valence-corrected chi connectivity index (χ0v) is 17.0. The van der Waals surface area contributed by atoms with Crippen molar-refractivity contribution in [1.29, 1.82) is 0 Å². The molecule has 8 heteroatoms. The van der Waals surface area contributed by atoms with Crippen molar-refractivity contribution in [3.63, 3.8) is 0 Å². The monoisotopic (exact) mass is 393 g/mol. The van der Waals surface area contributed by atoms with E-state index in [0.29, 0.717) is 49.1 Å². The summed E-state index contributed by atoms with van der Waals surface area (Å²) in [5.74, 6) is -0.105. The number of nitrogens with zero attached hydrogens (tertiary/aromatic N) is 3. The lowest BCUT2D eigenvalue weighted by molar-refractivity contribution is -0.151. The number of piperidine rings is 1. The van der Waals surface area contributed by atoms with Crippen LogP contribution in [-0.4, -0.2) is 51.8 Å². The highest BCUT2D eigenvalue weighted by Crippen LogP contribution is 2.28. The van der Waals surface area contributed by atoms with Crippen LogP contribution in [0.25, 0.3) is 0 Å². The Morgan fingerprint density at radius 1 is 1.26 bits per heavy atom. The number of hydrogen-bond donors (Lipinski definition) is 0. The molecule has 0 N–H and O–H groups in total. The van der Waals surface area contributed by atoms with Gasteiger partial charge < -0.3 is 9.64 Å². The topological polar surface area (TPSA) is 81.5 Å². The number of carbonyl (C=O) groups is 2. The van der Waals surface area contributed by atoms with E-state index in [1.807, 2.05) is 13.8 Å². The Hall–Kier alpha value is -1.83. The lowest BCUT2D eigenvalue weighted by Crippen LogP contribution is -2.48. The predicted molar refractivity (Wildman–Crippen MR) is 103 cm³/mol. The molecule has 0 aliphatic carbocycles. The van der Waals surface area contributed by atoms with E-state index in [1.165, 1.54) is 11.8 Å². The van der Waals surface area contributed by atoms with E-state index in [1.54, 1.807) is 16.4 Å². The number of fused-ring (bicyclic) bond motifs is 1. The number of hydrogen-bond acceptors (Lipinski definition) is 6. The van der Waals surface area contributed by atoms with Gasteiger partial charge in [0.15, 0.2) is 5.16 Å². The fourth-order valence-corrected chi connectivity index (χ4v) is 4.95. The lowest BCUT2D eigenvalue weighted by Gasteiger charge is -2.35. The van der Waals surface area contributed by atoms with Crippen LogP contribution in [0.4, 0.5) is 0 Å². The molecular weight excluding hydrogens is 366 g/mol. The van der Waals surface area contributed by atoms with Gasteiger partial charge in [-0.15, -0.1) is 0 Å². The van der Waals surface area contributed by atoms with Crippen molar-refractivity contribution in [2.45, 2.75) is 51.7 Å². The molecule has 0 radical (unpaired) electrons.